The highest BCUT2D eigenvalue weighted by Gasteiger charge is 2.20. The van der Waals surface area contributed by atoms with Gasteiger partial charge in [0.05, 0.1) is 19.3 Å². The lowest BCUT2D eigenvalue weighted by molar-refractivity contribution is -0.117. The largest absolute Gasteiger partial charge is 0.497 e. The van der Waals surface area contributed by atoms with E-state index in [1.807, 2.05) is 17.5 Å². The predicted molar refractivity (Wildman–Crippen MR) is 130 cm³/mol. The van der Waals surface area contributed by atoms with E-state index < -0.39 is 0 Å². The molecule has 0 unspecified atom stereocenters. The average molecular weight is 451 g/mol. The van der Waals surface area contributed by atoms with E-state index in [0.717, 1.165) is 49.7 Å². The molecule has 2 heterocycles. The Hall–Kier alpha value is -2.74. The van der Waals surface area contributed by atoms with Crippen molar-refractivity contribution in [2.45, 2.75) is 20.4 Å². The summed E-state index contributed by atoms with van der Waals surface area (Å²) in [6.45, 7) is 9.14. The zero-order chi connectivity index (χ0) is 22.5. The number of nitrogens with zero attached hydrogens (tertiary/aromatic N) is 3. The van der Waals surface area contributed by atoms with Crippen molar-refractivity contribution in [2.75, 3.05) is 45.2 Å². The van der Waals surface area contributed by atoms with Crippen LogP contribution in [0.15, 0.2) is 47.8 Å². The number of benzene rings is 2. The molecule has 0 bridgehead atoms. The van der Waals surface area contributed by atoms with Gasteiger partial charge in [0, 0.05) is 43.7 Å². The molecule has 0 radical (unpaired) electrons. The van der Waals surface area contributed by atoms with Gasteiger partial charge in [-0.2, -0.15) is 0 Å². The van der Waals surface area contributed by atoms with Crippen LogP contribution >= 0.6 is 11.3 Å². The van der Waals surface area contributed by atoms with Gasteiger partial charge in [0.2, 0.25) is 5.91 Å². The van der Waals surface area contributed by atoms with Gasteiger partial charge in [-0.15, -0.1) is 11.3 Å². The first kappa shape index (κ1) is 22.5. The topological polar surface area (TPSA) is 57.7 Å². The van der Waals surface area contributed by atoms with E-state index in [1.165, 1.54) is 28.0 Å². The molecule has 3 aromatic rings. The third-order valence-electron chi connectivity index (χ3n) is 5.93. The van der Waals surface area contributed by atoms with E-state index >= 15 is 0 Å². The van der Waals surface area contributed by atoms with Gasteiger partial charge in [-0.25, -0.2) is 4.98 Å². The van der Waals surface area contributed by atoms with E-state index in [0.29, 0.717) is 11.7 Å². The summed E-state index contributed by atoms with van der Waals surface area (Å²) in [6, 6.07) is 14.5. The Kier molecular flexibility index (Phi) is 7.19. The van der Waals surface area contributed by atoms with Crippen LogP contribution in [0.1, 0.15) is 16.7 Å². The van der Waals surface area contributed by atoms with Crippen molar-refractivity contribution in [1.82, 2.24) is 14.8 Å². The number of aryl methyl sites for hydroxylation is 2. The van der Waals surface area contributed by atoms with Gasteiger partial charge < -0.3 is 10.1 Å². The summed E-state index contributed by atoms with van der Waals surface area (Å²) in [6.07, 6.45) is 0. The van der Waals surface area contributed by atoms with Crippen molar-refractivity contribution in [3.63, 3.8) is 0 Å². The monoisotopic (exact) mass is 450 g/mol. The first-order valence-corrected chi connectivity index (χ1v) is 11.8. The summed E-state index contributed by atoms with van der Waals surface area (Å²) in [5.41, 5.74) is 5.74. The molecule has 7 heteroatoms. The van der Waals surface area contributed by atoms with Gasteiger partial charge >= 0.3 is 0 Å². The number of anilines is 1. The highest BCUT2D eigenvalue weighted by molar-refractivity contribution is 7.14. The fourth-order valence-corrected chi connectivity index (χ4v) is 4.60. The highest BCUT2D eigenvalue weighted by atomic mass is 32.1. The summed E-state index contributed by atoms with van der Waals surface area (Å²) >= 11 is 1.47. The lowest BCUT2D eigenvalue weighted by Crippen LogP contribution is -2.48. The Bertz CT molecular complexity index is 1070. The maximum atomic E-state index is 12.6. The van der Waals surface area contributed by atoms with Crippen molar-refractivity contribution >= 4 is 22.4 Å². The van der Waals surface area contributed by atoms with E-state index in [2.05, 4.69) is 64.3 Å². The fraction of sp³-hybridized carbons (Fsp3) is 0.360. The number of ether oxygens (including phenoxy) is 1. The summed E-state index contributed by atoms with van der Waals surface area (Å²) in [5, 5.41) is 5.62. The van der Waals surface area contributed by atoms with Crippen LogP contribution in [-0.2, 0) is 11.3 Å². The molecule has 168 valence electrons. The summed E-state index contributed by atoms with van der Waals surface area (Å²) in [5.74, 6) is 0.882. The van der Waals surface area contributed by atoms with Gasteiger partial charge in [-0.05, 0) is 48.7 Å². The molecule has 0 spiro atoms. The average Bonchev–Trinajstić information content (AvgIpc) is 3.25. The fourth-order valence-electron chi connectivity index (χ4n) is 3.86. The molecule has 1 N–H and O–H groups in total. The van der Waals surface area contributed by atoms with Gasteiger partial charge in [0.25, 0.3) is 0 Å². The first-order chi connectivity index (χ1) is 15.5. The van der Waals surface area contributed by atoms with Crippen LogP contribution in [0, 0.1) is 13.8 Å². The van der Waals surface area contributed by atoms with Crippen LogP contribution in [0.3, 0.4) is 0 Å². The molecule has 6 nitrogen and oxygen atoms in total. The summed E-state index contributed by atoms with van der Waals surface area (Å²) in [4.78, 5) is 21.8. The number of methoxy groups -OCH3 is 1. The maximum Gasteiger partial charge on any atom is 0.240 e. The Morgan fingerprint density at radius 2 is 1.84 bits per heavy atom. The minimum Gasteiger partial charge on any atom is -0.497 e. The van der Waals surface area contributed by atoms with Gasteiger partial charge in [0.1, 0.15) is 5.75 Å². The Morgan fingerprint density at radius 1 is 1.06 bits per heavy atom. The molecule has 1 fully saturated rings. The van der Waals surface area contributed by atoms with E-state index in [4.69, 9.17) is 4.74 Å². The zero-order valence-electron chi connectivity index (χ0n) is 18.9. The SMILES string of the molecule is COc1cccc(CN2CCN(CC(=O)Nc3nc(-c4ccc(C)c(C)c4)cs3)CC2)c1. The van der Waals surface area contributed by atoms with Crippen LogP contribution in [-0.4, -0.2) is 60.5 Å². The quantitative estimate of drug-likeness (QED) is 0.585. The molecule has 0 aliphatic carbocycles. The number of amides is 1. The number of carbonyl (C=O) groups is 1. The van der Waals surface area contributed by atoms with Gasteiger partial charge in [-0.1, -0.05) is 24.3 Å². The molecule has 0 atom stereocenters. The van der Waals surface area contributed by atoms with Crippen LogP contribution in [0.25, 0.3) is 11.3 Å². The minimum absolute atomic E-state index is 0.00719. The van der Waals surface area contributed by atoms with Crippen LogP contribution in [0.2, 0.25) is 0 Å². The molecule has 32 heavy (non-hydrogen) atoms. The zero-order valence-corrected chi connectivity index (χ0v) is 19.7. The van der Waals surface area contributed by atoms with Gasteiger partial charge in [0.15, 0.2) is 5.13 Å². The van der Waals surface area contributed by atoms with E-state index in [1.54, 1.807) is 7.11 Å². The Labute approximate surface area is 193 Å². The second-order valence-corrected chi connectivity index (χ2v) is 9.15. The second kappa shape index (κ2) is 10.3. The number of hydrogen-bond acceptors (Lipinski definition) is 6. The first-order valence-electron chi connectivity index (χ1n) is 10.9. The number of nitrogens with one attached hydrogen (secondary N) is 1. The highest BCUT2D eigenvalue weighted by Crippen LogP contribution is 2.26. The Morgan fingerprint density at radius 3 is 2.59 bits per heavy atom. The molecule has 0 saturated carbocycles. The molecule has 1 aliphatic heterocycles. The van der Waals surface area contributed by atoms with Crippen molar-refractivity contribution in [3.8, 4) is 17.0 Å². The summed E-state index contributed by atoms with van der Waals surface area (Å²) in [7, 11) is 1.69. The number of carbonyl (C=O) groups excluding carboxylic acids is 1. The maximum absolute atomic E-state index is 12.6. The molecule has 4 rings (SSSR count). The molecule has 1 saturated heterocycles. The predicted octanol–water partition coefficient (Wildman–Crippen LogP) is 4.19. The van der Waals surface area contributed by atoms with Gasteiger partial charge in [-0.3, -0.25) is 14.6 Å². The number of thiazole rings is 1. The van der Waals surface area contributed by atoms with Crippen LogP contribution in [0.4, 0.5) is 5.13 Å². The molecule has 1 amide bonds. The molecule has 1 aliphatic rings. The minimum atomic E-state index is -0.00719. The normalized spacial score (nSPS) is 15.0. The van der Waals surface area contributed by atoms with Crippen molar-refractivity contribution in [2.24, 2.45) is 0 Å². The summed E-state index contributed by atoms with van der Waals surface area (Å²) < 4.78 is 5.31. The third kappa shape index (κ3) is 5.73. The molecular formula is C25H30N4O2S. The standard InChI is InChI=1S/C25H30N4O2S/c1-18-7-8-21(13-19(18)2)23-17-32-25(26-23)27-24(30)16-29-11-9-28(10-12-29)15-20-5-4-6-22(14-20)31-3/h4-8,13-14,17H,9-12,15-16H2,1-3H3,(H,26,27,30). The number of piperazine rings is 1. The van der Waals surface area contributed by atoms with Crippen LogP contribution in [0.5, 0.6) is 5.75 Å². The lowest BCUT2D eigenvalue weighted by Gasteiger charge is -2.34. The van der Waals surface area contributed by atoms with Crippen LogP contribution < -0.4 is 10.1 Å². The number of aromatic nitrogens is 1. The lowest BCUT2D eigenvalue weighted by atomic mass is 10.1. The number of hydrogen-bond donors (Lipinski definition) is 1. The third-order valence-corrected chi connectivity index (χ3v) is 6.68. The Balaban J connectivity index is 1.25. The molecule has 2 aromatic carbocycles. The second-order valence-electron chi connectivity index (χ2n) is 8.29. The molecular weight excluding hydrogens is 420 g/mol. The van der Waals surface area contributed by atoms with E-state index in [9.17, 15) is 4.79 Å². The van der Waals surface area contributed by atoms with Crippen molar-refractivity contribution in [1.29, 1.82) is 0 Å². The van der Waals surface area contributed by atoms with E-state index in [-0.39, 0.29) is 5.91 Å². The van der Waals surface area contributed by atoms with Crippen molar-refractivity contribution < 1.29 is 9.53 Å². The van der Waals surface area contributed by atoms with Crippen molar-refractivity contribution in [3.05, 3.63) is 64.5 Å². The molecule has 1 aromatic heterocycles. The number of rotatable bonds is 7. The smallest absolute Gasteiger partial charge is 0.240 e.